The molecule has 1 amide bonds. The highest BCUT2D eigenvalue weighted by atomic mass is 31.2. The summed E-state index contributed by atoms with van der Waals surface area (Å²) >= 11 is 0. The van der Waals surface area contributed by atoms with Gasteiger partial charge >= 0.3 is 0 Å². The van der Waals surface area contributed by atoms with E-state index < -0.39 is 20.0 Å². The molecule has 8 nitrogen and oxygen atoms in total. The van der Waals surface area contributed by atoms with E-state index in [1.807, 2.05) is 27.2 Å². The lowest BCUT2D eigenvalue weighted by atomic mass is 10.1. The Morgan fingerprint density at radius 2 is 1.15 bits per heavy atom. The van der Waals surface area contributed by atoms with Crippen LogP contribution in [0.4, 0.5) is 0 Å². The molecule has 3 unspecified atom stereocenters. The summed E-state index contributed by atoms with van der Waals surface area (Å²) in [4.78, 5) is 25.1. The summed E-state index contributed by atoms with van der Waals surface area (Å²) < 4.78 is 23.1. The van der Waals surface area contributed by atoms with Crippen molar-refractivity contribution in [2.75, 3.05) is 40.9 Å². The molecule has 3 atom stereocenters. The summed E-state index contributed by atoms with van der Waals surface area (Å²) in [7, 11) is 1.26. The van der Waals surface area contributed by atoms with E-state index in [9.17, 15) is 19.4 Å². The number of hydrogen-bond acceptors (Lipinski definition) is 6. The zero-order chi connectivity index (χ0) is 35.8. The molecule has 0 saturated heterocycles. The highest BCUT2D eigenvalue weighted by molar-refractivity contribution is 7.45. The zero-order valence-corrected chi connectivity index (χ0v) is 32.8. The molecule has 0 saturated carbocycles. The zero-order valence-electron chi connectivity index (χ0n) is 31.9. The third kappa shape index (κ3) is 33.5. The molecule has 9 heteroatoms. The van der Waals surface area contributed by atoms with E-state index in [4.69, 9.17) is 9.05 Å². The van der Waals surface area contributed by atoms with E-state index in [0.717, 1.165) is 38.5 Å². The van der Waals surface area contributed by atoms with E-state index in [1.165, 1.54) is 109 Å². The number of carbonyl (C=O) groups is 1. The van der Waals surface area contributed by atoms with Crippen LogP contribution in [-0.4, -0.2) is 68.5 Å². The number of aliphatic hydroxyl groups is 1. The van der Waals surface area contributed by atoms with Gasteiger partial charge in [0.25, 0.3) is 7.82 Å². The van der Waals surface area contributed by atoms with Crippen LogP contribution >= 0.6 is 7.82 Å². The number of amides is 1. The molecule has 284 valence electrons. The van der Waals surface area contributed by atoms with E-state index in [0.29, 0.717) is 17.4 Å². The first-order chi connectivity index (χ1) is 23.0. The van der Waals surface area contributed by atoms with E-state index in [1.54, 1.807) is 6.08 Å². The number of hydrogen-bond donors (Lipinski definition) is 2. The Labute approximate surface area is 296 Å². The normalized spacial score (nSPS) is 14.9. The van der Waals surface area contributed by atoms with Crippen molar-refractivity contribution in [3.63, 3.8) is 0 Å². The molecule has 0 heterocycles. The van der Waals surface area contributed by atoms with Crippen molar-refractivity contribution < 1.29 is 32.9 Å². The van der Waals surface area contributed by atoms with E-state index >= 15 is 0 Å². The number of aliphatic hydroxyl groups excluding tert-OH is 1. The van der Waals surface area contributed by atoms with E-state index in [-0.39, 0.29) is 19.1 Å². The number of phosphoric ester groups is 1. The highest BCUT2D eigenvalue weighted by Gasteiger charge is 2.23. The lowest BCUT2D eigenvalue weighted by Gasteiger charge is -2.29. The highest BCUT2D eigenvalue weighted by Crippen LogP contribution is 2.38. The summed E-state index contributed by atoms with van der Waals surface area (Å²) in [6.07, 6.45) is 35.0. The van der Waals surface area contributed by atoms with Gasteiger partial charge < -0.3 is 28.8 Å². The van der Waals surface area contributed by atoms with Crippen LogP contribution in [0.5, 0.6) is 0 Å². The summed E-state index contributed by atoms with van der Waals surface area (Å²) in [5, 5.41) is 13.7. The van der Waals surface area contributed by atoms with Gasteiger partial charge in [0.15, 0.2) is 0 Å². The lowest BCUT2D eigenvalue weighted by Crippen LogP contribution is -2.45. The summed E-state index contributed by atoms with van der Waals surface area (Å²) in [6.45, 7) is 4.60. The largest absolute Gasteiger partial charge is 0.756 e. The number of phosphoric acid groups is 1. The van der Waals surface area contributed by atoms with Crippen molar-refractivity contribution in [1.82, 2.24) is 5.32 Å². The maximum atomic E-state index is 12.8. The van der Waals surface area contributed by atoms with Crippen LogP contribution in [0.25, 0.3) is 0 Å². The Bertz CT molecular complexity index is 845. The molecule has 0 aliphatic rings. The molecule has 0 aliphatic heterocycles. The fraction of sp³-hybridized carbons (Fsp3) is 0.872. The van der Waals surface area contributed by atoms with Crippen LogP contribution in [0.3, 0.4) is 0 Å². The maximum absolute atomic E-state index is 12.8. The molecule has 0 aromatic rings. The van der Waals surface area contributed by atoms with Gasteiger partial charge in [-0.3, -0.25) is 9.36 Å². The Kier molecular flexibility index (Phi) is 31.2. The Morgan fingerprint density at radius 3 is 1.65 bits per heavy atom. The van der Waals surface area contributed by atoms with Gasteiger partial charge in [0.05, 0.1) is 39.9 Å². The van der Waals surface area contributed by atoms with Gasteiger partial charge in [0.2, 0.25) is 5.91 Å². The summed E-state index contributed by atoms with van der Waals surface area (Å²) in [6, 6.07) is -0.883. The number of carbonyl (C=O) groups excluding carboxylic acids is 1. The molecular weight excluding hydrogens is 623 g/mol. The average Bonchev–Trinajstić information content (AvgIpc) is 3.02. The molecule has 0 rings (SSSR count). The van der Waals surface area contributed by atoms with Gasteiger partial charge in [-0.2, -0.15) is 0 Å². The van der Waals surface area contributed by atoms with Crippen LogP contribution in [0.15, 0.2) is 24.3 Å². The van der Waals surface area contributed by atoms with E-state index in [2.05, 4.69) is 31.3 Å². The smallest absolute Gasteiger partial charge is 0.268 e. The van der Waals surface area contributed by atoms with Crippen molar-refractivity contribution in [2.24, 2.45) is 0 Å². The number of nitrogens with one attached hydrogen (secondary N) is 1. The number of quaternary nitrogens is 1. The van der Waals surface area contributed by atoms with Gasteiger partial charge in [-0.1, -0.05) is 141 Å². The van der Waals surface area contributed by atoms with Gasteiger partial charge in [0, 0.05) is 6.42 Å². The van der Waals surface area contributed by atoms with Gasteiger partial charge in [-0.25, -0.2) is 0 Å². The standard InChI is InChI=1S/C39H77N2O6P/c1-6-8-10-12-14-16-18-19-20-21-23-25-27-29-31-33-39(43)40-37(36-47-48(44,45)46-35-34-41(3,4)5)38(42)32-30-28-26-24-22-17-15-13-11-9-7-2/h16,18,30,32,37-38,42H,6-15,17,19-29,31,33-36H2,1-5H3,(H-,40,43,44,45)/b18-16-,32-30+. The predicted molar refractivity (Wildman–Crippen MR) is 201 cm³/mol. The molecule has 0 aromatic carbocycles. The molecule has 0 aromatic heterocycles. The fourth-order valence-electron chi connectivity index (χ4n) is 5.44. The lowest BCUT2D eigenvalue weighted by molar-refractivity contribution is -0.870. The first-order valence-electron chi connectivity index (χ1n) is 19.7. The Balaban J connectivity index is 4.50. The number of unbranched alkanes of at least 4 members (excludes halogenated alkanes) is 20. The molecule has 0 spiro atoms. The minimum atomic E-state index is -4.58. The summed E-state index contributed by atoms with van der Waals surface area (Å²) in [5.41, 5.74) is 0. The SMILES string of the molecule is CCCCCC/C=C\CCCCCCCCCC(=O)NC(COP(=O)([O-])OCC[N+](C)(C)C)C(O)/C=C/CCCCCCCCCCC. The molecular formula is C39H77N2O6P. The molecule has 2 N–H and O–H groups in total. The fourth-order valence-corrected chi connectivity index (χ4v) is 6.16. The third-order valence-corrected chi connectivity index (χ3v) is 9.62. The van der Waals surface area contributed by atoms with Gasteiger partial charge in [-0.15, -0.1) is 0 Å². The van der Waals surface area contributed by atoms with Gasteiger partial charge in [0.1, 0.15) is 13.2 Å². The van der Waals surface area contributed by atoms with Gasteiger partial charge in [-0.05, 0) is 44.9 Å². The summed E-state index contributed by atoms with van der Waals surface area (Å²) in [5.74, 6) is -0.205. The number of likely N-dealkylation sites (N-methyl/N-ethyl adjacent to an activating group) is 1. The van der Waals surface area contributed by atoms with Crippen LogP contribution in [0.1, 0.15) is 168 Å². The second-order valence-electron chi connectivity index (χ2n) is 14.6. The molecule has 0 aliphatic carbocycles. The first-order valence-corrected chi connectivity index (χ1v) is 21.2. The van der Waals surface area contributed by atoms with Crippen LogP contribution in [-0.2, 0) is 18.4 Å². The predicted octanol–water partition coefficient (Wildman–Crippen LogP) is 9.55. The second kappa shape index (κ2) is 31.9. The van der Waals surface area contributed by atoms with Crippen LogP contribution in [0.2, 0.25) is 0 Å². The minimum Gasteiger partial charge on any atom is -0.756 e. The van der Waals surface area contributed by atoms with Crippen molar-refractivity contribution in [3.8, 4) is 0 Å². The molecule has 0 radical (unpaired) electrons. The average molecular weight is 701 g/mol. The van der Waals surface area contributed by atoms with Crippen LogP contribution in [0, 0.1) is 0 Å². The second-order valence-corrected chi connectivity index (χ2v) is 16.0. The first kappa shape index (κ1) is 47.0. The number of nitrogens with zero attached hydrogens (tertiary/aromatic N) is 1. The molecule has 0 bridgehead atoms. The number of allylic oxidation sites excluding steroid dienone is 3. The Morgan fingerprint density at radius 1 is 0.708 bits per heavy atom. The third-order valence-electron chi connectivity index (χ3n) is 8.66. The van der Waals surface area contributed by atoms with Crippen LogP contribution < -0.4 is 10.2 Å². The monoisotopic (exact) mass is 701 g/mol. The van der Waals surface area contributed by atoms with Crippen molar-refractivity contribution in [3.05, 3.63) is 24.3 Å². The quantitative estimate of drug-likeness (QED) is 0.0295. The molecule has 0 fully saturated rings. The minimum absolute atomic E-state index is 0.00125. The Hall–Kier alpha value is -1.02. The van der Waals surface area contributed by atoms with Crippen molar-refractivity contribution in [1.29, 1.82) is 0 Å². The van der Waals surface area contributed by atoms with Crippen molar-refractivity contribution >= 4 is 13.7 Å². The maximum Gasteiger partial charge on any atom is 0.268 e. The molecule has 48 heavy (non-hydrogen) atoms. The van der Waals surface area contributed by atoms with Crippen molar-refractivity contribution in [2.45, 2.75) is 180 Å². The topological polar surface area (TPSA) is 108 Å². The number of rotatable bonds is 35.